The predicted octanol–water partition coefficient (Wildman–Crippen LogP) is 2.22. The van der Waals surface area contributed by atoms with Gasteiger partial charge in [-0.25, -0.2) is 0 Å². The van der Waals surface area contributed by atoms with Crippen LogP contribution in [0.15, 0.2) is 24.3 Å². The normalized spacial score (nSPS) is 20.7. The molecule has 0 spiro atoms. The molecule has 0 aliphatic carbocycles. The van der Waals surface area contributed by atoms with Crippen molar-refractivity contribution in [1.29, 1.82) is 5.26 Å². The van der Waals surface area contributed by atoms with Crippen LogP contribution in [0, 0.1) is 17.2 Å². The molecule has 2 aliphatic heterocycles. The molecule has 0 atom stereocenters. The third kappa shape index (κ3) is 5.00. The van der Waals surface area contributed by atoms with Gasteiger partial charge in [-0.15, -0.1) is 0 Å². The number of likely N-dealkylation sites (tertiary alicyclic amines) is 1. The van der Waals surface area contributed by atoms with E-state index in [0.29, 0.717) is 19.8 Å². The number of nitriles is 1. The van der Waals surface area contributed by atoms with Gasteiger partial charge < -0.3 is 20.1 Å². The van der Waals surface area contributed by atoms with Crippen LogP contribution in [-0.2, 0) is 14.9 Å². The monoisotopic (exact) mass is 371 g/mol. The molecule has 1 aromatic carbocycles. The lowest BCUT2D eigenvalue weighted by Gasteiger charge is -2.31. The third-order valence-electron chi connectivity index (χ3n) is 5.84. The van der Waals surface area contributed by atoms with E-state index in [0.717, 1.165) is 63.1 Å². The Labute approximate surface area is 161 Å². The first-order chi connectivity index (χ1) is 13.1. The molecule has 6 nitrogen and oxygen atoms in total. The maximum absolute atomic E-state index is 11.2. The largest absolute Gasteiger partial charge is 0.494 e. The van der Waals surface area contributed by atoms with Crippen molar-refractivity contribution in [3.63, 3.8) is 0 Å². The molecule has 0 radical (unpaired) electrons. The van der Waals surface area contributed by atoms with Crippen LogP contribution in [0.2, 0.25) is 0 Å². The molecule has 2 saturated heterocycles. The van der Waals surface area contributed by atoms with Crippen molar-refractivity contribution in [2.75, 3.05) is 39.5 Å². The number of hydrogen-bond donors (Lipinski definition) is 1. The molecular weight excluding hydrogens is 342 g/mol. The quantitative estimate of drug-likeness (QED) is 0.743. The molecular formula is C21H29N3O3. The first-order valence-corrected chi connectivity index (χ1v) is 9.87. The zero-order valence-electron chi connectivity index (χ0n) is 15.9. The molecule has 2 N–H and O–H groups in total. The van der Waals surface area contributed by atoms with Crippen LogP contribution in [0.1, 0.15) is 37.7 Å². The Morgan fingerprint density at radius 2 is 1.93 bits per heavy atom. The van der Waals surface area contributed by atoms with E-state index in [4.69, 9.17) is 15.2 Å². The SMILES string of the molecule is N#CC1(c2ccc(OCCCN3CCC(C(N)=O)CC3)cc2)CCOCC1. The van der Waals surface area contributed by atoms with Crippen molar-refractivity contribution in [3.8, 4) is 11.8 Å². The first-order valence-electron chi connectivity index (χ1n) is 9.87. The second kappa shape index (κ2) is 9.20. The second-order valence-corrected chi connectivity index (χ2v) is 7.55. The zero-order valence-corrected chi connectivity index (χ0v) is 15.9. The van der Waals surface area contributed by atoms with Gasteiger partial charge in [-0.05, 0) is 62.9 Å². The zero-order chi connectivity index (χ0) is 19.1. The molecule has 1 amide bonds. The van der Waals surface area contributed by atoms with Crippen LogP contribution < -0.4 is 10.5 Å². The number of hydrogen-bond acceptors (Lipinski definition) is 5. The number of rotatable bonds is 7. The fraction of sp³-hybridized carbons (Fsp3) is 0.619. The predicted molar refractivity (Wildman–Crippen MR) is 102 cm³/mol. The maximum Gasteiger partial charge on any atom is 0.220 e. The van der Waals surface area contributed by atoms with Gasteiger partial charge >= 0.3 is 0 Å². The summed E-state index contributed by atoms with van der Waals surface area (Å²) < 4.78 is 11.3. The van der Waals surface area contributed by atoms with Gasteiger partial charge in [0, 0.05) is 25.7 Å². The number of piperidine rings is 1. The van der Waals surface area contributed by atoms with Crippen LogP contribution in [-0.4, -0.2) is 50.3 Å². The van der Waals surface area contributed by atoms with Crippen molar-refractivity contribution in [1.82, 2.24) is 4.90 Å². The maximum atomic E-state index is 11.2. The highest BCUT2D eigenvalue weighted by Gasteiger charge is 2.34. The number of ether oxygens (including phenoxy) is 2. The van der Waals surface area contributed by atoms with Gasteiger partial charge in [0.2, 0.25) is 5.91 Å². The summed E-state index contributed by atoms with van der Waals surface area (Å²) >= 11 is 0. The summed E-state index contributed by atoms with van der Waals surface area (Å²) in [6.45, 7) is 4.78. The summed E-state index contributed by atoms with van der Waals surface area (Å²) in [4.78, 5) is 13.6. The summed E-state index contributed by atoms with van der Waals surface area (Å²) in [7, 11) is 0. The highest BCUT2D eigenvalue weighted by molar-refractivity contribution is 5.76. The molecule has 6 heteroatoms. The smallest absolute Gasteiger partial charge is 0.220 e. The van der Waals surface area contributed by atoms with Gasteiger partial charge in [-0.1, -0.05) is 12.1 Å². The van der Waals surface area contributed by atoms with Crippen molar-refractivity contribution < 1.29 is 14.3 Å². The summed E-state index contributed by atoms with van der Waals surface area (Å²) in [5.41, 5.74) is 6.00. The number of carbonyl (C=O) groups is 1. The van der Waals surface area contributed by atoms with Gasteiger partial charge in [0.15, 0.2) is 0 Å². The summed E-state index contributed by atoms with van der Waals surface area (Å²) in [6.07, 6.45) is 4.17. The van der Waals surface area contributed by atoms with Crippen molar-refractivity contribution in [3.05, 3.63) is 29.8 Å². The van der Waals surface area contributed by atoms with E-state index in [1.807, 2.05) is 24.3 Å². The highest BCUT2D eigenvalue weighted by Crippen LogP contribution is 2.34. The molecule has 0 saturated carbocycles. The van der Waals surface area contributed by atoms with E-state index >= 15 is 0 Å². The Morgan fingerprint density at radius 3 is 2.52 bits per heavy atom. The molecule has 2 aliphatic rings. The fourth-order valence-corrected chi connectivity index (χ4v) is 3.97. The van der Waals surface area contributed by atoms with E-state index in [1.165, 1.54) is 0 Å². The molecule has 3 rings (SSSR count). The Balaban J connectivity index is 1.41. The minimum Gasteiger partial charge on any atom is -0.494 e. The lowest BCUT2D eigenvalue weighted by Crippen LogP contribution is -2.39. The van der Waals surface area contributed by atoms with E-state index in [-0.39, 0.29) is 11.8 Å². The van der Waals surface area contributed by atoms with Gasteiger partial charge in [0.05, 0.1) is 18.1 Å². The number of benzene rings is 1. The van der Waals surface area contributed by atoms with E-state index < -0.39 is 5.41 Å². The van der Waals surface area contributed by atoms with Gasteiger partial charge in [0.25, 0.3) is 0 Å². The fourth-order valence-electron chi connectivity index (χ4n) is 3.97. The van der Waals surface area contributed by atoms with Crippen LogP contribution in [0.3, 0.4) is 0 Å². The molecule has 2 fully saturated rings. The molecule has 0 unspecified atom stereocenters. The van der Waals surface area contributed by atoms with E-state index in [1.54, 1.807) is 0 Å². The molecule has 27 heavy (non-hydrogen) atoms. The second-order valence-electron chi connectivity index (χ2n) is 7.55. The minimum atomic E-state index is -0.423. The van der Waals surface area contributed by atoms with Crippen LogP contribution in [0.5, 0.6) is 5.75 Å². The van der Waals surface area contributed by atoms with Crippen molar-refractivity contribution >= 4 is 5.91 Å². The summed E-state index contributed by atoms with van der Waals surface area (Å²) in [5, 5.41) is 9.64. The van der Waals surface area contributed by atoms with E-state index in [9.17, 15) is 10.1 Å². The Morgan fingerprint density at radius 1 is 1.26 bits per heavy atom. The van der Waals surface area contributed by atoms with Gasteiger partial charge in [-0.2, -0.15) is 5.26 Å². The van der Waals surface area contributed by atoms with Gasteiger partial charge in [-0.3, -0.25) is 4.79 Å². The standard InChI is InChI=1S/C21H29N3O3/c22-16-21(8-14-26-15-9-21)18-2-4-19(5-3-18)27-13-1-10-24-11-6-17(7-12-24)20(23)25/h2-5,17H,1,6-15H2,(H2,23,25). The number of nitrogens with zero attached hydrogens (tertiary/aromatic N) is 2. The highest BCUT2D eigenvalue weighted by atomic mass is 16.5. The Hall–Kier alpha value is -2.10. The Bertz CT molecular complexity index is 654. The van der Waals surface area contributed by atoms with Crippen LogP contribution in [0.4, 0.5) is 0 Å². The number of amides is 1. The average molecular weight is 371 g/mol. The average Bonchev–Trinajstić information content (AvgIpc) is 2.72. The van der Waals surface area contributed by atoms with Gasteiger partial charge in [0.1, 0.15) is 5.75 Å². The summed E-state index contributed by atoms with van der Waals surface area (Å²) in [6, 6.07) is 10.4. The molecule has 146 valence electrons. The number of primary amides is 1. The number of nitrogens with two attached hydrogens (primary N) is 1. The molecule has 0 aromatic heterocycles. The third-order valence-corrected chi connectivity index (χ3v) is 5.84. The minimum absolute atomic E-state index is 0.0449. The number of carbonyl (C=O) groups excluding carboxylic acids is 1. The lowest BCUT2D eigenvalue weighted by atomic mass is 9.75. The van der Waals surface area contributed by atoms with Crippen LogP contribution >= 0.6 is 0 Å². The first kappa shape index (κ1) is 19.7. The van der Waals surface area contributed by atoms with E-state index in [2.05, 4.69) is 11.0 Å². The van der Waals surface area contributed by atoms with Crippen molar-refractivity contribution in [2.45, 2.75) is 37.5 Å². The molecule has 0 bridgehead atoms. The van der Waals surface area contributed by atoms with Crippen LogP contribution in [0.25, 0.3) is 0 Å². The molecule has 1 aromatic rings. The summed E-state index contributed by atoms with van der Waals surface area (Å²) in [5.74, 6) is 0.718. The molecule has 2 heterocycles. The Kier molecular flexibility index (Phi) is 6.70. The topological polar surface area (TPSA) is 88.6 Å². The van der Waals surface area contributed by atoms with Crippen molar-refractivity contribution in [2.24, 2.45) is 11.7 Å². The lowest BCUT2D eigenvalue weighted by molar-refractivity contribution is -0.123.